The van der Waals surface area contributed by atoms with E-state index in [1.54, 1.807) is 12.1 Å². The number of anilines is 6. The lowest BCUT2D eigenvalue weighted by molar-refractivity contribution is 0.475. The quantitative estimate of drug-likeness (QED) is 0.141. The zero-order chi connectivity index (χ0) is 42.4. The van der Waals surface area contributed by atoms with E-state index in [0.29, 0.717) is 0 Å². The van der Waals surface area contributed by atoms with Crippen molar-refractivity contribution >= 4 is 34.1 Å². The second-order valence-corrected chi connectivity index (χ2v) is 15.6. The maximum absolute atomic E-state index is 9.70. The number of rotatable bonds is 11. The minimum Gasteiger partial charge on any atom is -0.508 e. The Kier molecular flexibility index (Phi) is 10.9. The molecule has 0 unspecified atom stereocenters. The van der Waals surface area contributed by atoms with Gasteiger partial charge in [0.05, 0.1) is 0 Å². The van der Waals surface area contributed by atoms with Crippen LogP contribution >= 0.6 is 0 Å². The van der Waals surface area contributed by atoms with Gasteiger partial charge in [-0.3, -0.25) is 0 Å². The molecule has 0 aliphatic carbocycles. The molecule has 0 fully saturated rings. The van der Waals surface area contributed by atoms with Crippen molar-refractivity contribution < 1.29 is 5.11 Å². The van der Waals surface area contributed by atoms with E-state index < -0.39 is 0 Å². The van der Waals surface area contributed by atoms with Gasteiger partial charge < -0.3 is 14.9 Å². The van der Waals surface area contributed by atoms with Gasteiger partial charge >= 0.3 is 0 Å². The monoisotopic (exact) mass is 808 g/mol. The Labute approximate surface area is 369 Å². The summed E-state index contributed by atoms with van der Waals surface area (Å²) in [6.45, 7) is 0. The Morgan fingerprint density at radius 3 is 0.603 bits per heavy atom. The third-order valence-corrected chi connectivity index (χ3v) is 11.6. The SMILES string of the molecule is Oc1ccc(-c2ccc(-c3ccc(N(c4ccccc4)c4ccc(-c5ccc(N(c6ccc(-c7ccccc7)cc6)c6ccc(-c7ccccc7)cc6)cc5)cc4)cc3)cc2)cc1. The Bertz CT molecular complexity index is 2940. The predicted molar refractivity (Wildman–Crippen MR) is 265 cm³/mol. The van der Waals surface area contributed by atoms with Crippen molar-refractivity contribution in [2.45, 2.75) is 0 Å². The standard InChI is InChI=1S/C60H44N2O/c63-60-42-30-53(31-43-60)47-18-16-46(17-19-47)50-24-36-55(37-25-50)61(54-14-8-3-9-15-54)56-38-26-51(27-39-56)52-28-40-59(41-29-52)62(57-32-20-48(21-33-57)44-10-4-1-5-11-44)58-34-22-49(23-35-58)45-12-6-2-7-13-45/h1-43,63H. The predicted octanol–water partition coefficient (Wildman–Crippen LogP) is 16.7. The maximum atomic E-state index is 9.70. The summed E-state index contributed by atoms with van der Waals surface area (Å²) in [7, 11) is 0. The topological polar surface area (TPSA) is 26.7 Å². The van der Waals surface area contributed by atoms with Crippen LogP contribution in [0.1, 0.15) is 0 Å². The Balaban J connectivity index is 0.917. The van der Waals surface area contributed by atoms with Gasteiger partial charge in [-0.05, 0) is 141 Å². The zero-order valence-corrected chi connectivity index (χ0v) is 34.7. The minimum absolute atomic E-state index is 0.271. The molecule has 10 aromatic rings. The summed E-state index contributed by atoms with van der Waals surface area (Å²) in [6.07, 6.45) is 0. The van der Waals surface area contributed by atoms with Gasteiger partial charge in [0, 0.05) is 34.1 Å². The summed E-state index contributed by atoms with van der Waals surface area (Å²) in [5.74, 6) is 0.271. The molecule has 300 valence electrons. The molecule has 0 radical (unpaired) electrons. The summed E-state index contributed by atoms with van der Waals surface area (Å²) >= 11 is 0. The molecule has 0 heterocycles. The molecule has 3 heteroatoms. The van der Waals surface area contributed by atoms with E-state index in [1.165, 1.54) is 22.3 Å². The highest BCUT2D eigenvalue weighted by Crippen LogP contribution is 2.40. The number of phenols is 1. The van der Waals surface area contributed by atoms with E-state index in [1.807, 2.05) is 12.1 Å². The molecule has 0 aliphatic rings. The van der Waals surface area contributed by atoms with Crippen LogP contribution in [0.25, 0.3) is 55.6 Å². The van der Waals surface area contributed by atoms with Crippen molar-refractivity contribution in [2.24, 2.45) is 0 Å². The van der Waals surface area contributed by atoms with Crippen LogP contribution in [0, 0.1) is 0 Å². The van der Waals surface area contributed by atoms with Crippen LogP contribution in [0.5, 0.6) is 5.75 Å². The molecule has 0 spiro atoms. The lowest BCUT2D eigenvalue weighted by Crippen LogP contribution is -2.10. The fourth-order valence-corrected chi connectivity index (χ4v) is 8.26. The molecule has 63 heavy (non-hydrogen) atoms. The molecular formula is C60H44N2O. The van der Waals surface area contributed by atoms with Gasteiger partial charge in [0.2, 0.25) is 0 Å². The van der Waals surface area contributed by atoms with Crippen LogP contribution in [-0.4, -0.2) is 5.11 Å². The first-order valence-electron chi connectivity index (χ1n) is 21.3. The van der Waals surface area contributed by atoms with E-state index in [0.717, 1.165) is 67.5 Å². The second kappa shape index (κ2) is 17.7. The highest BCUT2D eigenvalue weighted by molar-refractivity contribution is 5.83. The minimum atomic E-state index is 0.271. The van der Waals surface area contributed by atoms with Crippen molar-refractivity contribution in [1.82, 2.24) is 0 Å². The van der Waals surface area contributed by atoms with Gasteiger partial charge in [0.1, 0.15) is 5.75 Å². The van der Waals surface area contributed by atoms with Gasteiger partial charge in [-0.15, -0.1) is 0 Å². The summed E-state index contributed by atoms with van der Waals surface area (Å²) < 4.78 is 0. The van der Waals surface area contributed by atoms with Crippen LogP contribution in [-0.2, 0) is 0 Å². The van der Waals surface area contributed by atoms with Gasteiger partial charge in [0.25, 0.3) is 0 Å². The number of benzene rings is 10. The molecule has 0 bridgehead atoms. The van der Waals surface area contributed by atoms with Crippen molar-refractivity contribution in [3.8, 4) is 61.4 Å². The van der Waals surface area contributed by atoms with E-state index >= 15 is 0 Å². The number of phenolic OH excluding ortho intramolecular Hbond substituents is 1. The summed E-state index contributed by atoms with van der Waals surface area (Å²) in [5, 5.41) is 9.70. The average Bonchev–Trinajstić information content (AvgIpc) is 3.36. The van der Waals surface area contributed by atoms with E-state index in [2.05, 4.69) is 246 Å². The van der Waals surface area contributed by atoms with Gasteiger partial charge in [-0.1, -0.05) is 176 Å². The van der Waals surface area contributed by atoms with Crippen LogP contribution in [0.2, 0.25) is 0 Å². The van der Waals surface area contributed by atoms with Crippen molar-refractivity contribution in [1.29, 1.82) is 0 Å². The molecular weight excluding hydrogens is 765 g/mol. The number of para-hydroxylation sites is 1. The highest BCUT2D eigenvalue weighted by Gasteiger charge is 2.16. The van der Waals surface area contributed by atoms with Crippen molar-refractivity contribution in [2.75, 3.05) is 9.80 Å². The molecule has 0 saturated heterocycles. The van der Waals surface area contributed by atoms with Gasteiger partial charge in [-0.2, -0.15) is 0 Å². The average molecular weight is 809 g/mol. The first-order chi connectivity index (χ1) is 31.1. The van der Waals surface area contributed by atoms with E-state index in [4.69, 9.17) is 0 Å². The maximum Gasteiger partial charge on any atom is 0.115 e. The second-order valence-electron chi connectivity index (χ2n) is 15.6. The lowest BCUT2D eigenvalue weighted by Gasteiger charge is -2.26. The molecule has 1 N–H and O–H groups in total. The van der Waals surface area contributed by atoms with Gasteiger partial charge in [0.15, 0.2) is 0 Å². The van der Waals surface area contributed by atoms with Crippen molar-refractivity contribution in [3.63, 3.8) is 0 Å². The zero-order valence-electron chi connectivity index (χ0n) is 34.7. The van der Waals surface area contributed by atoms with E-state index in [-0.39, 0.29) is 5.75 Å². The number of hydrogen-bond donors (Lipinski definition) is 1. The molecule has 0 amide bonds. The third-order valence-electron chi connectivity index (χ3n) is 11.6. The third kappa shape index (κ3) is 8.50. The Morgan fingerprint density at radius 1 is 0.175 bits per heavy atom. The molecule has 0 atom stereocenters. The highest BCUT2D eigenvalue weighted by atomic mass is 16.3. The Morgan fingerprint density at radius 2 is 0.349 bits per heavy atom. The summed E-state index contributed by atoms with van der Waals surface area (Å²) in [6, 6.07) is 91.6. The lowest BCUT2D eigenvalue weighted by atomic mass is 10.00. The normalized spacial score (nSPS) is 10.9. The molecule has 0 saturated carbocycles. The number of nitrogens with zero attached hydrogens (tertiary/aromatic N) is 2. The first-order valence-corrected chi connectivity index (χ1v) is 21.3. The fourth-order valence-electron chi connectivity index (χ4n) is 8.26. The van der Waals surface area contributed by atoms with Crippen molar-refractivity contribution in [3.05, 3.63) is 261 Å². The van der Waals surface area contributed by atoms with Crippen LogP contribution in [0.15, 0.2) is 261 Å². The van der Waals surface area contributed by atoms with Crippen LogP contribution in [0.3, 0.4) is 0 Å². The largest absolute Gasteiger partial charge is 0.508 e. The summed E-state index contributed by atoms with van der Waals surface area (Å²) in [4.78, 5) is 4.63. The smallest absolute Gasteiger partial charge is 0.115 e. The summed E-state index contributed by atoms with van der Waals surface area (Å²) in [5.41, 5.74) is 18.1. The molecule has 0 aromatic heterocycles. The molecule has 10 aromatic carbocycles. The molecule has 3 nitrogen and oxygen atoms in total. The van der Waals surface area contributed by atoms with Crippen LogP contribution < -0.4 is 9.80 Å². The van der Waals surface area contributed by atoms with Crippen LogP contribution in [0.4, 0.5) is 34.1 Å². The molecule has 10 rings (SSSR count). The Hall–Kier alpha value is -8.40. The first kappa shape index (κ1) is 38.8. The van der Waals surface area contributed by atoms with E-state index in [9.17, 15) is 5.11 Å². The number of aromatic hydroxyl groups is 1. The molecule has 0 aliphatic heterocycles. The fraction of sp³-hybridized carbons (Fsp3) is 0. The number of hydrogen-bond acceptors (Lipinski definition) is 3. The van der Waals surface area contributed by atoms with Gasteiger partial charge in [-0.25, -0.2) is 0 Å².